The summed E-state index contributed by atoms with van der Waals surface area (Å²) >= 11 is 0. The molecule has 0 bridgehead atoms. The molecule has 0 radical (unpaired) electrons. The fourth-order valence-corrected chi connectivity index (χ4v) is 2.89. The molecule has 2 N–H and O–H groups in total. The van der Waals surface area contributed by atoms with Gasteiger partial charge in [0.05, 0.1) is 0 Å². The minimum Gasteiger partial charge on any atom is -0.485 e. The van der Waals surface area contributed by atoms with Crippen molar-refractivity contribution >= 4 is 17.6 Å². The molecule has 2 heterocycles. The average molecular weight is 460 g/mol. The second-order valence-electron chi connectivity index (χ2n) is 6.92. The van der Waals surface area contributed by atoms with E-state index in [4.69, 9.17) is 19.4 Å². The number of fused-ring (bicyclic) bond motifs is 1. The van der Waals surface area contributed by atoms with Crippen LogP contribution in [0.1, 0.15) is 5.56 Å². The van der Waals surface area contributed by atoms with Gasteiger partial charge in [-0.1, -0.05) is 18.2 Å². The molecule has 1 aliphatic rings. The third-order valence-corrected chi connectivity index (χ3v) is 4.54. The highest BCUT2D eigenvalue weighted by molar-refractivity contribution is 5.95. The Bertz CT molecular complexity index is 1140. The van der Waals surface area contributed by atoms with Crippen molar-refractivity contribution in [3.05, 3.63) is 72.6 Å². The van der Waals surface area contributed by atoms with Gasteiger partial charge in [-0.2, -0.15) is 13.2 Å². The van der Waals surface area contributed by atoms with Gasteiger partial charge in [0.15, 0.2) is 11.5 Å². The SMILES string of the molecule is Cc1cc(-c2ccncc2)ccc1NC(=O)C1COc2ccccc2O1.O=C(O)C(F)(F)F. The molecule has 33 heavy (non-hydrogen) atoms. The second kappa shape index (κ2) is 10.0. The predicted octanol–water partition coefficient (Wildman–Crippen LogP) is 4.47. The van der Waals surface area contributed by atoms with Gasteiger partial charge in [0.2, 0.25) is 6.10 Å². The molecule has 3 aromatic rings. The molecule has 1 atom stereocenters. The number of aromatic nitrogens is 1. The Morgan fingerprint density at radius 1 is 1.03 bits per heavy atom. The number of rotatable bonds is 3. The third kappa shape index (κ3) is 6.22. The van der Waals surface area contributed by atoms with Crippen molar-refractivity contribution in [2.45, 2.75) is 19.2 Å². The smallest absolute Gasteiger partial charge is 0.485 e. The Labute approximate surface area is 186 Å². The van der Waals surface area contributed by atoms with Gasteiger partial charge in [-0.05, 0) is 60.0 Å². The first kappa shape index (κ1) is 23.6. The summed E-state index contributed by atoms with van der Waals surface area (Å²) in [7, 11) is 0. The van der Waals surface area contributed by atoms with Crippen LogP contribution in [0.5, 0.6) is 11.5 Å². The van der Waals surface area contributed by atoms with E-state index in [2.05, 4.69) is 10.3 Å². The molecular weight excluding hydrogens is 441 g/mol. The number of nitrogens with one attached hydrogen (secondary N) is 1. The summed E-state index contributed by atoms with van der Waals surface area (Å²) in [5.41, 5.74) is 3.90. The number of nitrogens with zero attached hydrogens (tertiary/aromatic N) is 1. The van der Waals surface area contributed by atoms with Gasteiger partial charge in [-0.3, -0.25) is 9.78 Å². The zero-order valence-electron chi connectivity index (χ0n) is 17.3. The van der Waals surface area contributed by atoms with E-state index in [0.717, 1.165) is 22.4 Å². The van der Waals surface area contributed by atoms with Crippen molar-refractivity contribution in [3.63, 3.8) is 0 Å². The number of amides is 1. The molecule has 10 heteroatoms. The summed E-state index contributed by atoms with van der Waals surface area (Å²) in [6, 6.07) is 17.2. The van der Waals surface area contributed by atoms with Crippen molar-refractivity contribution in [2.24, 2.45) is 0 Å². The Hall–Kier alpha value is -4.08. The van der Waals surface area contributed by atoms with Crippen LogP contribution in [0.15, 0.2) is 67.0 Å². The van der Waals surface area contributed by atoms with Gasteiger partial charge in [0, 0.05) is 18.1 Å². The standard InChI is InChI=1S/C21H18N2O3.C2HF3O2/c1-14-12-16(15-8-10-22-11-9-15)6-7-17(14)23-21(24)20-13-25-18-4-2-3-5-19(18)26-20;3-2(4,5)1(6)7/h2-12,20H,13H2,1H3,(H,23,24);(H,6,7). The normalized spacial score (nSPS) is 14.5. The van der Waals surface area contributed by atoms with E-state index in [1.165, 1.54) is 0 Å². The molecule has 172 valence electrons. The van der Waals surface area contributed by atoms with Crippen molar-refractivity contribution in [2.75, 3.05) is 11.9 Å². The number of carboxylic acids is 1. The van der Waals surface area contributed by atoms with Gasteiger partial charge >= 0.3 is 12.1 Å². The number of carbonyl (C=O) groups is 2. The van der Waals surface area contributed by atoms with E-state index in [-0.39, 0.29) is 12.5 Å². The number of carbonyl (C=O) groups excluding carboxylic acids is 1. The number of aliphatic carboxylic acids is 1. The molecule has 0 spiro atoms. The van der Waals surface area contributed by atoms with E-state index in [1.807, 2.05) is 55.5 Å². The highest BCUT2D eigenvalue weighted by Crippen LogP contribution is 2.31. The minimum absolute atomic E-state index is 0.191. The van der Waals surface area contributed by atoms with E-state index in [0.29, 0.717) is 11.5 Å². The Balaban J connectivity index is 0.000000383. The molecule has 1 unspecified atom stereocenters. The van der Waals surface area contributed by atoms with Crippen molar-refractivity contribution in [3.8, 4) is 22.6 Å². The largest absolute Gasteiger partial charge is 0.490 e. The first-order chi connectivity index (χ1) is 15.6. The molecule has 1 aliphatic heterocycles. The lowest BCUT2D eigenvalue weighted by molar-refractivity contribution is -0.192. The number of para-hydroxylation sites is 2. The number of carboxylic acid groups (broad SMARTS) is 1. The maximum Gasteiger partial charge on any atom is 0.490 e. The zero-order chi connectivity index (χ0) is 24.0. The summed E-state index contributed by atoms with van der Waals surface area (Å²) < 4.78 is 43.1. The van der Waals surface area contributed by atoms with Crippen LogP contribution < -0.4 is 14.8 Å². The number of hydrogen-bond donors (Lipinski definition) is 2. The number of aryl methyl sites for hydroxylation is 1. The summed E-state index contributed by atoms with van der Waals surface area (Å²) in [5.74, 6) is -1.73. The lowest BCUT2D eigenvalue weighted by Gasteiger charge is -2.25. The number of alkyl halides is 3. The number of ether oxygens (including phenoxy) is 2. The van der Waals surface area contributed by atoms with Crippen LogP contribution >= 0.6 is 0 Å². The van der Waals surface area contributed by atoms with Gasteiger partial charge in [0.1, 0.15) is 6.61 Å². The van der Waals surface area contributed by atoms with E-state index >= 15 is 0 Å². The Morgan fingerprint density at radius 3 is 2.27 bits per heavy atom. The maximum absolute atomic E-state index is 12.6. The average Bonchev–Trinajstić information content (AvgIpc) is 2.80. The van der Waals surface area contributed by atoms with Gasteiger partial charge < -0.3 is 19.9 Å². The summed E-state index contributed by atoms with van der Waals surface area (Å²) in [4.78, 5) is 25.5. The maximum atomic E-state index is 12.6. The first-order valence-electron chi connectivity index (χ1n) is 9.65. The first-order valence-corrected chi connectivity index (χ1v) is 9.65. The van der Waals surface area contributed by atoms with Crippen LogP contribution in [0.2, 0.25) is 0 Å². The van der Waals surface area contributed by atoms with Gasteiger partial charge in [-0.25, -0.2) is 4.79 Å². The van der Waals surface area contributed by atoms with Crippen LogP contribution in [-0.4, -0.2) is 40.9 Å². The molecular formula is C23H19F3N2O5. The highest BCUT2D eigenvalue weighted by Gasteiger charge is 2.38. The van der Waals surface area contributed by atoms with Crippen molar-refractivity contribution in [1.29, 1.82) is 0 Å². The monoisotopic (exact) mass is 460 g/mol. The number of anilines is 1. The lowest BCUT2D eigenvalue weighted by Crippen LogP contribution is -2.40. The van der Waals surface area contributed by atoms with Gasteiger partial charge in [-0.15, -0.1) is 0 Å². The number of benzene rings is 2. The van der Waals surface area contributed by atoms with Crippen LogP contribution in [-0.2, 0) is 9.59 Å². The summed E-state index contributed by atoms with van der Waals surface area (Å²) in [6.45, 7) is 2.16. The second-order valence-corrected chi connectivity index (χ2v) is 6.92. The zero-order valence-corrected chi connectivity index (χ0v) is 17.3. The van der Waals surface area contributed by atoms with Crippen LogP contribution in [0.25, 0.3) is 11.1 Å². The fourth-order valence-electron chi connectivity index (χ4n) is 2.89. The quantitative estimate of drug-likeness (QED) is 0.599. The Morgan fingerprint density at radius 2 is 1.67 bits per heavy atom. The van der Waals surface area contributed by atoms with Crippen LogP contribution in [0.4, 0.5) is 18.9 Å². The van der Waals surface area contributed by atoms with Crippen LogP contribution in [0.3, 0.4) is 0 Å². The number of pyridine rings is 1. The van der Waals surface area contributed by atoms with Crippen molar-refractivity contribution in [1.82, 2.24) is 4.98 Å². The Kier molecular flexibility index (Phi) is 7.17. The van der Waals surface area contributed by atoms with Crippen LogP contribution in [0, 0.1) is 6.92 Å². The third-order valence-electron chi connectivity index (χ3n) is 4.54. The summed E-state index contributed by atoms with van der Waals surface area (Å²) in [5, 5.41) is 10.1. The summed E-state index contributed by atoms with van der Waals surface area (Å²) in [6.07, 6.45) is -2.24. The molecule has 7 nitrogen and oxygen atoms in total. The topological polar surface area (TPSA) is 97.8 Å². The molecule has 0 saturated carbocycles. The highest BCUT2D eigenvalue weighted by atomic mass is 19.4. The predicted molar refractivity (Wildman–Crippen MR) is 113 cm³/mol. The molecule has 1 amide bonds. The molecule has 0 fully saturated rings. The van der Waals surface area contributed by atoms with E-state index < -0.39 is 18.2 Å². The fraction of sp³-hybridized carbons (Fsp3) is 0.174. The minimum atomic E-state index is -5.08. The molecule has 2 aromatic carbocycles. The lowest BCUT2D eigenvalue weighted by atomic mass is 10.0. The van der Waals surface area contributed by atoms with E-state index in [9.17, 15) is 18.0 Å². The molecule has 4 rings (SSSR count). The van der Waals surface area contributed by atoms with Crippen molar-refractivity contribution < 1.29 is 37.3 Å². The van der Waals surface area contributed by atoms with E-state index in [1.54, 1.807) is 18.5 Å². The molecule has 1 aromatic heterocycles. The molecule has 0 saturated heterocycles. The van der Waals surface area contributed by atoms with Gasteiger partial charge in [0.25, 0.3) is 5.91 Å². The molecule has 0 aliphatic carbocycles. The number of hydrogen-bond acceptors (Lipinski definition) is 5. The number of halogens is 3.